The van der Waals surface area contributed by atoms with Crippen LogP contribution in [0.15, 0.2) is 57.8 Å². The standard InChI is InChI=1S/C20H21BrN2O2/c1-4-22-18-11-8-15(21)13-17(20(18)25)19(24)12-7-14-5-9-16(10-6-14)23(2)3/h5-13H,4H2,1-3H3,(H,22,25). The first kappa shape index (κ1) is 18.9. The molecule has 2 rings (SSSR count). The predicted octanol–water partition coefficient (Wildman–Crippen LogP) is 4.20. The number of rotatable bonds is 6. The van der Waals surface area contributed by atoms with E-state index < -0.39 is 0 Å². The van der Waals surface area contributed by atoms with E-state index in [1.165, 1.54) is 6.08 Å². The van der Waals surface area contributed by atoms with Crippen molar-refractivity contribution in [1.82, 2.24) is 0 Å². The molecule has 0 aliphatic rings. The molecule has 130 valence electrons. The summed E-state index contributed by atoms with van der Waals surface area (Å²) in [6.45, 7) is 2.51. The zero-order chi connectivity index (χ0) is 18.4. The van der Waals surface area contributed by atoms with E-state index in [-0.39, 0.29) is 16.8 Å². The Bertz CT molecular complexity index is 843. The Hall–Kier alpha value is -2.40. The largest absolute Gasteiger partial charge is 0.382 e. The number of nitrogens with zero attached hydrogens (tertiary/aromatic N) is 1. The molecule has 1 N–H and O–H groups in total. The highest BCUT2D eigenvalue weighted by atomic mass is 79.9. The first-order chi connectivity index (χ1) is 11.9. The van der Waals surface area contributed by atoms with Gasteiger partial charge in [0.2, 0.25) is 5.43 Å². The Kier molecular flexibility index (Phi) is 6.53. The van der Waals surface area contributed by atoms with Gasteiger partial charge in [0, 0.05) is 30.8 Å². The lowest BCUT2D eigenvalue weighted by molar-refractivity contribution is 0.104. The SMILES string of the molecule is CCNc1ccc(Br)cc(C(=O)C=Cc2ccc(N(C)C)cc2)c1=O. The summed E-state index contributed by atoms with van der Waals surface area (Å²) in [6.07, 6.45) is 3.15. The maximum Gasteiger partial charge on any atom is 0.212 e. The lowest BCUT2D eigenvalue weighted by Gasteiger charge is -2.11. The fraction of sp³-hybridized carbons (Fsp3) is 0.200. The van der Waals surface area contributed by atoms with Gasteiger partial charge < -0.3 is 10.2 Å². The zero-order valence-corrected chi connectivity index (χ0v) is 16.1. The van der Waals surface area contributed by atoms with E-state index in [0.717, 1.165) is 11.3 Å². The molecule has 0 fully saturated rings. The van der Waals surface area contributed by atoms with Gasteiger partial charge in [0.1, 0.15) is 0 Å². The summed E-state index contributed by atoms with van der Waals surface area (Å²) >= 11 is 3.35. The van der Waals surface area contributed by atoms with Crippen LogP contribution in [0.1, 0.15) is 22.8 Å². The van der Waals surface area contributed by atoms with Crippen LogP contribution in [0, 0.1) is 0 Å². The zero-order valence-electron chi connectivity index (χ0n) is 14.5. The Balaban J connectivity index is 2.31. The summed E-state index contributed by atoms with van der Waals surface area (Å²) in [5.41, 5.74) is 2.23. The number of carbonyl (C=O) groups excluding carboxylic acids is 1. The highest BCUT2D eigenvalue weighted by Gasteiger charge is 2.10. The summed E-state index contributed by atoms with van der Waals surface area (Å²) < 4.78 is 0.681. The summed E-state index contributed by atoms with van der Waals surface area (Å²) in [6, 6.07) is 12.8. The summed E-state index contributed by atoms with van der Waals surface area (Å²) in [5, 5.41) is 2.99. The number of halogens is 1. The van der Waals surface area contributed by atoms with Gasteiger partial charge >= 0.3 is 0 Å². The molecular weight excluding hydrogens is 380 g/mol. The van der Waals surface area contributed by atoms with Crippen molar-refractivity contribution in [2.45, 2.75) is 6.92 Å². The lowest BCUT2D eigenvalue weighted by atomic mass is 10.1. The first-order valence-electron chi connectivity index (χ1n) is 8.00. The van der Waals surface area contributed by atoms with Crippen LogP contribution < -0.4 is 15.6 Å². The van der Waals surface area contributed by atoms with Crippen molar-refractivity contribution in [2.75, 3.05) is 30.9 Å². The van der Waals surface area contributed by atoms with Gasteiger partial charge in [-0.15, -0.1) is 0 Å². The van der Waals surface area contributed by atoms with Crippen molar-refractivity contribution < 1.29 is 4.79 Å². The number of anilines is 2. The van der Waals surface area contributed by atoms with Crippen LogP contribution >= 0.6 is 15.9 Å². The Morgan fingerprint density at radius 1 is 1.16 bits per heavy atom. The molecule has 0 spiro atoms. The fourth-order valence-electron chi connectivity index (χ4n) is 2.29. The second-order valence-corrected chi connectivity index (χ2v) is 6.65. The van der Waals surface area contributed by atoms with Gasteiger partial charge in [0.25, 0.3) is 0 Å². The van der Waals surface area contributed by atoms with Gasteiger partial charge in [-0.3, -0.25) is 9.59 Å². The van der Waals surface area contributed by atoms with Crippen LogP contribution in [0.4, 0.5) is 11.4 Å². The minimum absolute atomic E-state index is 0.133. The molecule has 0 saturated heterocycles. The number of hydrogen-bond donors (Lipinski definition) is 1. The molecule has 2 aromatic rings. The smallest absolute Gasteiger partial charge is 0.212 e. The molecule has 2 aromatic carbocycles. The van der Waals surface area contributed by atoms with E-state index in [9.17, 15) is 9.59 Å². The average molecular weight is 401 g/mol. The fourth-order valence-corrected chi connectivity index (χ4v) is 2.65. The van der Waals surface area contributed by atoms with Crippen LogP contribution in [0.2, 0.25) is 0 Å². The van der Waals surface area contributed by atoms with E-state index in [1.807, 2.05) is 50.2 Å². The molecule has 0 unspecified atom stereocenters. The third kappa shape index (κ3) is 5.03. The van der Waals surface area contributed by atoms with Gasteiger partial charge in [-0.1, -0.05) is 34.1 Å². The van der Waals surface area contributed by atoms with E-state index in [0.29, 0.717) is 16.7 Å². The third-order valence-corrected chi connectivity index (χ3v) is 4.14. The van der Waals surface area contributed by atoms with Crippen LogP contribution in [0.5, 0.6) is 0 Å². The first-order valence-corrected chi connectivity index (χ1v) is 8.79. The molecule has 0 aromatic heterocycles. The van der Waals surface area contributed by atoms with E-state index in [4.69, 9.17) is 0 Å². The molecular formula is C20H21BrN2O2. The third-order valence-electron chi connectivity index (χ3n) is 3.65. The number of carbonyl (C=O) groups is 1. The minimum atomic E-state index is -0.322. The molecule has 0 aliphatic heterocycles. The van der Waals surface area contributed by atoms with Crippen LogP contribution in [0.25, 0.3) is 6.08 Å². The van der Waals surface area contributed by atoms with Crippen molar-refractivity contribution in [3.8, 4) is 0 Å². The molecule has 5 heteroatoms. The summed E-state index contributed by atoms with van der Waals surface area (Å²) in [4.78, 5) is 27.1. The highest BCUT2D eigenvalue weighted by molar-refractivity contribution is 9.10. The van der Waals surface area contributed by atoms with Gasteiger partial charge in [-0.2, -0.15) is 0 Å². The van der Waals surface area contributed by atoms with Crippen molar-refractivity contribution >= 4 is 39.2 Å². The maximum absolute atomic E-state index is 12.5. The molecule has 25 heavy (non-hydrogen) atoms. The van der Waals surface area contributed by atoms with Crippen molar-refractivity contribution in [1.29, 1.82) is 0 Å². The Morgan fingerprint density at radius 2 is 1.84 bits per heavy atom. The van der Waals surface area contributed by atoms with Crippen molar-refractivity contribution in [3.63, 3.8) is 0 Å². The second kappa shape index (κ2) is 8.62. The molecule has 0 radical (unpaired) electrons. The summed E-state index contributed by atoms with van der Waals surface area (Å²) in [7, 11) is 3.94. The van der Waals surface area contributed by atoms with E-state index >= 15 is 0 Å². The monoisotopic (exact) mass is 400 g/mol. The summed E-state index contributed by atoms with van der Waals surface area (Å²) in [5.74, 6) is -0.322. The number of nitrogens with one attached hydrogen (secondary N) is 1. The van der Waals surface area contributed by atoms with Crippen molar-refractivity contribution in [2.24, 2.45) is 0 Å². The number of hydrogen-bond acceptors (Lipinski definition) is 4. The highest BCUT2D eigenvalue weighted by Crippen LogP contribution is 2.15. The number of allylic oxidation sites excluding steroid dienone is 1. The normalized spacial score (nSPS) is 10.7. The molecule has 0 aliphatic carbocycles. The lowest BCUT2D eigenvalue weighted by Crippen LogP contribution is -2.15. The molecule has 4 nitrogen and oxygen atoms in total. The van der Waals surface area contributed by atoms with Gasteiger partial charge in [0.05, 0.1) is 11.3 Å². The number of ketones is 1. The quantitative estimate of drug-likeness (QED) is 0.582. The predicted molar refractivity (Wildman–Crippen MR) is 109 cm³/mol. The molecule has 0 saturated carbocycles. The van der Waals surface area contributed by atoms with Gasteiger partial charge in [-0.25, -0.2) is 0 Å². The maximum atomic E-state index is 12.5. The van der Waals surface area contributed by atoms with Crippen LogP contribution in [-0.4, -0.2) is 26.4 Å². The molecule has 0 heterocycles. The Labute approximate surface area is 156 Å². The van der Waals surface area contributed by atoms with Crippen LogP contribution in [-0.2, 0) is 0 Å². The van der Waals surface area contributed by atoms with E-state index in [2.05, 4.69) is 21.2 Å². The molecule has 0 bridgehead atoms. The second-order valence-electron chi connectivity index (χ2n) is 5.73. The number of benzene rings is 1. The average Bonchev–Trinajstić information content (AvgIpc) is 2.73. The van der Waals surface area contributed by atoms with Crippen molar-refractivity contribution in [3.05, 3.63) is 74.4 Å². The Morgan fingerprint density at radius 3 is 2.44 bits per heavy atom. The van der Waals surface area contributed by atoms with Gasteiger partial charge in [0.15, 0.2) is 5.78 Å². The molecule has 0 atom stereocenters. The van der Waals surface area contributed by atoms with E-state index in [1.54, 1.807) is 24.3 Å². The van der Waals surface area contributed by atoms with Gasteiger partial charge in [-0.05, 0) is 48.9 Å². The molecule has 0 amide bonds. The minimum Gasteiger partial charge on any atom is -0.382 e. The topological polar surface area (TPSA) is 49.4 Å². The van der Waals surface area contributed by atoms with Crippen LogP contribution in [0.3, 0.4) is 0 Å².